The molecule has 0 saturated heterocycles. The highest BCUT2D eigenvalue weighted by molar-refractivity contribution is 7.99. The lowest BCUT2D eigenvalue weighted by molar-refractivity contribution is 0.102. The normalized spacial score (nSPS) is 11.1. The number of benzene rings is 4. The third kappa shape index (κ3) is 5.68. The topological polar surface area (TPSA) is 75.3 Å². The number of para-hydroxylation sites is 1. The van der Waals surface area contributed by atoms with Gasteiger partial charge in [0.1, 0.15) is 0 Å². The van der Waals surface area contributed by atoms with Crippen LogP contribution in [-0.2, 0) is 10.0 Å². The van der Waals surface area contributed by atoms with Crippen molar-refractivity contribution in [3.63, 3.8) is 0 Å². The molecule has 0 atom stereocenters. The van der Waals surface area contributed by atoms with Crippen LogP contribution in [0.25, 0.3) is 0 Å². The molecule has 5 nitrogen and oxygen atoms in total. The van der Waals surface area contributed by atoms with Crippen LogP contribution in [0.1, 0.15) is 21.5 Å². The van der Waals surface area contributed by atoms with E-state index in [0.717, 1.165) is 15.4 Å². The minimum Gasteiger partial charge on any atom is -0.321 e. The molecule has 4 aromatic carbocycles. The average Bonchev–Trinajstić information content (AvgIpc) is 2.82. The van der Waals surface area contributed by atoms with Gasteiger partial charge in [-0.2, -0.15) is 0 Å². The molecule has 4 rings (SSSR count). The number of carbonyl (C=O) groups is 1. The van der Waals surface area contributed by atoms with Gasteiger partial charge in [0.05, 0.1) is 16.3 Å². The number of hydrogen-bond acceptors (Lipinski definition) is 4. The lowest BCUT2D eigenvalue weighted by atomic mass is 10.1. The summed E-state index contributed by atoms with van der Waals surface area (Å²) < 4.78 is 28.3. The summed E-state index contributed by atoms with van der Waals surface area (Å²) in [5.41, 5.74) is 3.09. The van der Waals surface area contributed by atoms with E-state index in [2.05, 4.69) is 10.0 Å². The van der Waals surface area contributed by atoms with E-state index in [4.69, 9.17) is 0 Å². The van der Waals surface area contributed by atoms with E-state index in [1.54, 1.807) is 61.2 Å². The number of sulfonamides is 1. The van der Waals surface area contributed by atoms with Gasteiger partial charge in [-0.15, -0.1) is 0 Å². The van der Waals surface area contributed by atoms with Gasteiger partial charge in [-0.3, -0.25) is 9.52 Å². The molecule has 2 N–H and O–H groups in total. The monoisotopic (exact) mass is 488 g/mol. The highest BCUT2D eigenvalue weighted by Crippen LogP contribution is 2.33. The van der Waals surface area contributed by atoms with Crippen molar-refractivity contribution in [3.05, 3.63) is 114 Å². The van der Waals surface area contributed by atoms with Gasteiger partial charge in [0.25, 0.3) is 15.9 Å². The van der Waals surface area contributed by atoms with Crippen molar-refractivity contribution in [2.24, 2.45) is 0 Å². The summed E-state index contributed by atoms with van der Waals surface area (Å²) >= 11 is 1.56. The molecule has 1 amide bonds. The average molecular weight is 489 g/mol. The second-order valence-corrected chi connectivity index (χ2v) is 10.6. The van der Waals surface area contributed by atoms with Crippen LogP contribution in [0.4, 0.5) is 11.4 Å². The molecule has 0 spiro atoms. The van der Waals surface area contributed by atoms with Gasteiger partial charge in [0, 0.05) is 15.4 Å². The summed E-state index contributed by atoms with van der Waals surface area (Å²) in [6, 6.07) is 29.1. The molecular formula is C27H24N2O3S2. The summed E-state index contributed by atoms with van der Waals surface area (Å²) in [6.45, 7) is 3.69. The predicted molar refractivity (Wildman–Crippen MR) is 138 cm³/mol. The maximum Gasteiger partial charge on any atom is 0.261 e. The van der Waals surface area contributed by atoms with Crippen LogP contribution < -0.4 is 10.0 Å². The number of hydrogen-bond donors (Lipinski definition) is 2. The Morgan fingerprint density at radius 1 is 0.765 bits per heavy atom. The first-order valence-electron chi connectivity index (χ1n) is 10.7. The van der Waals surface area contributed by atoms with E-state index >= 15 is 0 Å². The molecule has 4 aromatic rings. The summed E-state index contributed by atoms with van der Waals surface area (Å²) in [5.74, 6) is -0.322. The largest absolute Gasteiger partial charge is 0.321 e. The van der Waals surface area contributed by atoms with Crippen LogP contribution in [0.5, 0.6) is 0 Å². The zero-order valence-electron chi connectivity index (χ0n) is 18.8. The van der Waals surface area contributed by atoms with Gasteiger partial charge in [-0.1, -0.05) is 65.9 Å². The molecule has 172 valence electrons. The number of aryl methyl sites for hydroxylation is 2. The molecular weight excluding hydrogens is 464 g/mol. The van der Waals surface area contributed by atoms with E-state index in [9.17, 15) is 13.2 Å². The van der Waals surface area contributed by atoms with Gasteiger partial charge in [-0.05, 0) is 67.9 Å². The van der Waals surface area contributed by atoms with Crippen molar-refractivity contribution in [3.8, 4) is 0 Å². The van der Waals surface area contributed by atoms with E-state index < -0.39 is 10.0 Å². The minimum atomic E-state index is -3.78. The Labute approximate surface area is 204 Å². The van der Waals surface area contributed by atoms with Crippen LogP contribution in [0.3, 0.4) is 0 Å². The Bertz CT molecular complexity index is 1420. The molecule has 0 aliphatic carbocycles. The first kappa shape index (κ1) is 23.6. The van der Waals surface area contributed by atoms with Crippen LogP contribution in [0.15, 0.2) is 112 Å². The summed E-state index contributed by atoms with van der Waals surface area (Å²) in [7, 11) is -3.78. The zero-order valence-corrected chi connectivity index (χ0v) is 20.4. The fraction of sp³-hybridized carbons (Fsp3) is 0.0741. The number of carbonyl (C=O) groups excluding carboxylic acids is 1. The second kappa shape index (κ2) is 10.2. The smallest absolute Gasteiger partial charge is 0.261 e. The number of amides is 1. The van der Waals surface area contributed by atoms with Crippen molar-refractivity contribution in [2.75, 3.05) is 10.0 Å². The molecule has 7 heteroatoms. The van der Waals surface area contributed by atoms with E-state index in [0.29, 0.717) is 22.5 Å². The molecule has 0 bridgehead atoms. The highest BCUT2D eigenvalue weighted by atomic mass is 32.2. The molecule has 0 unspecified atom stereocenters. The van der Waals surface area contributed by atoms with Crippen molar-refractivity contribution in [2.45, 2.75) is 28.5 Å². The van der Waals surface area contributed by atoms with Crippen molar-refractivity contribution in [1.82, 2.24) is 0 Å². The zero-order chi connectivity index (χ0) is 24.1. The van der Waals surface area contributed by atoms with Crippen LogP contribution in [-0.4, -0.2) is 14.3 Å². The van der Waals surface area contributed by atoms with Crippen molar-refractivity contribution < 1.29 is 13.2 Å². The van der Waals surface area contributed by atoms with Gasteiger partial charge in [-0.25, -0.2) is 8.42 Å². The summed E-state index contributed by atoms with van der Waals surface area (Å²) in [5, 5.41) is 2.96. The SMILES string of the molecule is Cc1ccc(S(=O)(=O)Nc2cc(C(=O)Nc3ccccc3Sc3ccccc3)ccc2C)cc1. The quantitative estimate of drug-likeness (QED) is 0.311. The maximum absolute atomic E-state index is 13.1. The van der Waals surface area contributed by atoms with Gasteiger partial charge in [0.2, 0.25) is 0 Å². The van der Waals surface area contributed by atoms with Crippen LogP contribution >= 0.6 is 11.8 Å². The first-order valence-corrected chi connectivity index (χ1v) is 13.0. The lowest BCUT2D eigenvalue weighted by Gasteiger charge is -2.14. The molecule has 0 radical (unpaired) electrons. The molecule has 34 heavy (non-hydrogen) atoms. The highest BCUT2D eigenvalue weighted by Gasteiger charge is 2.17. The molecule has 0 aliphatic rings. The van der Waals surface area contributed by atoms with Crippen LogP contribution in [0, 0.1) is 13.8 Å². The Morgan fingerprint density at radius 2 is 1.44 bits per heavy atom. The standard InChI is InChI=1S/C27H24N2O3S2/c1-19-12-16-23(17-13-19)34(31,32)29-25-18-21(15-14-20(25)2)27(30)28-24-10-6-7-11-26(24)33-22-8-4-3-5-9-22/h3-18,29H,1-2H3,(H,28,30). The Morgan fingerprint density at radius 3 is 2.18 bits per heavy atom. The molecule has 0 saturated carbocycles. The van der Waals surface area contributed by atoms with Crippen molar-refractivity contribution in [1.29, 1.82) is 0 Å². The fourth-order valence-electron chi connectivity index (χ4n) is 3.26. The van der Waals surface area contributed by atoms with E-state index in [-0.39, 0.29) is 10.8 Å². The summed E-state index contributed by atoms with van der Waals surface area (Å²) in [4.78, 5) is 15.2. The maximum atomic E-state index is 13.1. The second-order valence-electron chi connectivity index (χ2n) is 7.81. The van der Waals surface area contributed by atoms with E-state index in [1.165, 1.54) is 0 Å². The number of rotatable bonds is 7. The molecule has 0 fully saturated rings. The predicted octanol–water partition coefficient (Wildman–Crippen LogP) is 6.51. The number of anilines is 2. The van der Waals surface area contributed by atoms with E-state index in [1.807, 2.05) is 61.5 Å². The Kier molecular flexibility index (Phi) is 7.05. The van der Waals surface area contributed by atoms with Crippen molar-refractivity contribution >= 4 is 39.1 Å². The fourth-order valence-corrected chi connectivity index (χ4v) is 5.31. The van der Waals surface area contributed by atoms with Crippen LogP contribution in [0.2, 0.25) is 0 Å². The summed E-state index contributed by atoms with van der Waals surface area (Å²) in [6.07, 6.45) is 0. The molecule has 0 aliphatic heterocycles. The third-order valence-corrected chi connectivity index (χ3v) is 7.65. The van der Waals surface area contributed by atoms with Gasteiger partial charge in [0.15, 0.2) is 0 Å². The Hall–Kier alpha value is -3.55. The van der Waals surface area contributed by atoms with Gasteiger partial charge >= 0.3 is 0 Å². The molecule has 0 heterocycles. The lowest BCUT2D eigenvalue weighted by Crippen LogP contribution is -2.16. The number of nitrogens with one attached hydrogen (secondary N) is 2. The minimum absolute atomic E-state index is 0.166. The Balaban J connectivity index is 1.55. The van der Waals surface area contributed by atoms with Gasteiger partial charge < -0.3 is 5.32 Å². The molecule has 0 aromatic heterocycles. The third-order valence-electron chi connectivity index (χ3n) is 5.18. The first-order chi connectivity index (χ1) is 16.3.